The monoisotopic (exact) mass is 511 g/mol. The number of non-ortho nitro benzene ring substituents is 1. The summed E-state index contributed by atoms with van der Waals surface area (Å²) < 4.78 is 6.47. The van der Waals surface area contributed by atoms with E-state index in [0.717, 1.165) is 11.6 Å². The van der Waals surface area contributed by atoms with Gasteiger partial charge < -0.3 is 10.1 Å². The fourth-order valence-electron chi connectivity index (χ4n) is 2.68. The van der Waals surface area contributed by atoms with Crippen LogP contribution >= 0.6 is 27.5 Å². The topological polar surface area (TPSA) is 105 Å². The molecule has 0 bridgehead atoms. The van der Waals surface area contributed by atoms with Crippen LogP contribution in [-0.4, -0.2) is 10.8 Å². The number of carbonyl (C=O) groups is 1. The van der Waals surface area contributed by atoms with Crippen LogP contribution in [0.15, 0.2) is 76.8 Å². The highest BCUT2D eigenvalue weighted by atomic mass is 79.9. The molecule has 0 saturated carbocycles. The van der Waals surface area contributed by atoms with Gasteiger partial charge in [-0.15, -0.1) is 0 Å². The molecule has 0 aliphatic carbocycles. The number of nitrogens with zero attached hydrogens (tertiary/aromatic N) is 2. The summed E-state index contributed by atoms with van der Waals surface area (Å²) in [6, 6.07) is 20.4. The Morgan fingerprint density at radius 2 is 1.94 bits per heavy atom. The molecule has 7 nitrogen and oxygen atoms in total. The maximum absolute atomic E-state index is 12.5. The SMILES string of the molecule is N#C/C(=C\c1ccc(OCc2ccccc2)c(Br)c1)C(=O)Nc1ccc([N+](=O)[O-])cc1Cl. The minimum atomic E-state index is -0.691. The third kappa shape index (κ3) is 5.94. The molecule has 3 aromatic carbocycles. The zero-order valence-electron chi connectivity index (χ0n) is 16.4. The van der Waals surface area contributed by atoms with Crippen molar-refractivity contribution in [3.63, 3.8) is 0 Å². The zero-order chi connectivity index (χ0) is 23.1. The first-order chi connectivity index (χ1) is 15.4. The van der Waals surface area contributed by atoms with E-state index in [1.165, 1.54) is 18.2 Å². The third-order valence-electron chi connectivity index (χ3n) is 4.28. The minimum Gasteiger partial charge on any atom is -0.488 e. The van der Waals surface area contributed by atoms with E-state index in [4.69, 9.17) is 16.3 Å². The van der Waals surface area contributed by atoms with Crippen LogP contribution in [0.2, 0.25) is 5.02 Å². The van der Waals surface area contributed by atoms with Gasteiger partial charge in [-0.3, -0.25) is 14.9 Å². The fourth-order valence-corrected chi connectivity index (χ4v) is 3.42. The molecule has 0 spiro atoms. The lowest BCUT2D eigenvalue weighted by Gasteiger charge is -2.09. The molecule has 0 aliphatic rings. The van der Waals surface area contributed by atoms with Crippen LogP contribution in [0, 0.1) is 21.4 Å². The van der Waals surface area contributed by atoms with Gasteiger partial charge in [-0.25, -0.2) is 0 Å². The number of amides is 1. The number of nitrogens with one attached hydrogen (secondary N) is 1. The van der Waals surface area contributed by atoms with E-state index in [1.807, 2.05) is 36.4 Å². The molecule has 0 heterocycles. The Bertz CT molecular complexity index is 1240. The van der Waals surface area contributed by atoms with Crippen LogP contribution in [0.1, 0.15) is 11.1 Å². The number of hydrogen-bond acceptors (Lipinski definition) is 5. The Balaban J connectivity index is 1.72. The first kappa shape index (κ1) is 23.0. The zero-order valence-corrected chi connectivity index (χ0v) is 18.8. The van der Waals surface area contributed by atoms with Crippen molar-refractivity contribution in [1.82, 2.24) is 0 Å². The maximum Gasteiger partial charge on any atom is 0.271 e. The first-order valence-electron chi connectivity index (χ1n) is 9.20. The molecule has 9 heteroatoms. The second-order valence-electron chi connectivity index (χ2n) is 6.51. The van der Waals surface area contributed by atoms with E-state index in [2.05, 4.69) is 21.2 Å². The number of nitro benzene ring substituents is 1. The van der Waals surface area contributed by atoms with Crippen molar-refractivity contribution in [3.8, 4) is 11.8 Å². The van der Waals surface area contributed by atoms with Crippen molar-refractivity contribution in [3.05, 3.63) is 103 Å². The molecule has 0 unspecified atom stereocenters. The van der Waals surface area contributed by atoms with E-state index >= 15 is 0 Å². The number of rotatable bonds is 7. The van der Waals surface area contributed by atoms with E-state index in [0.29, 0.717) is 22.4 Å². The lowest BCUT2D eigenvalue weighted by atomic mass is 10.1. The lowest BCUT2D eigenvalue weighted by Crippen LogP contribution is -2.13. The molecular formula is C23H15BrClN3O4. The Labute approximate surface area is 197 Å². The quantitative estimate of drug-likeness (QED) is 0.177. The summed E-state index contributed by atoms with van der Waals surface area (Å²) in [5.74, 6) is -0.0737. The number of carbonyl (C=O) groups excluding carboxylic acids is 1. The standard InChI is InChI=1S/C23H15BrClN3O4/c24-19-11-16(6-9-22(19)32-14-15-4-2-1-3-5-15)10-17(13-26)23(29)27-21-8-7-18(28(30)31)12-20(21)25/h1-12H,14H2,(H,27,29)/b17-10+. The highest BCUT2D eigenvalue weighted by Crippen LogP contribution is 2.29. The van der Waals surface area contributed by atoms with Gasteiger partial charge in [0.05, 0.1) is 20.1 Å². The van der Waals surface area contributed by atoms with Crippen molar-refractivity contribution in [1.29, 1.82) is 5.26 Å². The molecule has 0 saturated heterocycles. The largest absolute Gasteiger partial charge is 0.488 e. The number of nitro groups is 1. The van der Waals surface area contributed by atoms with Gasteiger partial charge in [0.15, 0.2) is 0 Å². The van der Waals surface area contributed by atoms with Gasteiger partial charge in [0.1, 0.15) is 24.0 Å². The van der Waals surface area contributed by atoms with E-state index in [1.54, 1.807) is 18.2 Å². The molecule has 32 heavy (non-hydrogen) atoms. The molecule has 0 radical (unpaired) electrons. The molecule has 0 atom stereocenters. The van der Waals surface area contributed by atoms with Crippen molar-refractivity contribution < 1.29 is 14.5 Å². The average molecular weight is 513 g/mol. The molecule has 1 amide bonds. The molecule has 3 rings (SSSR count). The van der Waals surface area contributed by atoms with Gasteiger partial charge in [0.2, 0.25) is 0 Å². The first-order valence-corrected chi connectivity index (χ1v) is 10.4. The second kappa shape index (κ2) is 10.6. The van der Waals surface area contributed by atoms with Gasteiger partial charge in [-0.05, 0) is 51.3 Å². The van der Waals surface area contributed by atoms with Gasteiger partial charge in [0, 0.05) is 12.1 Å². The van der Waals surface area contributed by atoms with Crippen LogP contribution in [0.5, 0.6) is 5.75 Å². The van der Waals surface area contributed by atoms with Crippen LogP contribution in [0.4, 0.5) is 11.4 Å². The number of benzene rings is 3. The summed E-state index contributed by atoms with van der Waals surface area (Å²) in [6.45, 7) is 0.399. The van der Waals surface area contributed by atoms with E-state index in [9.17, 15) is 20.2 Å². The number of halogens is 2. The summed E-state index contributed by atoms with van der Waals surface area (Å²) >= 11 is 9.44. The van der Waals surface area contributed by atoms with Gasteiger partial charge in [0.25, 0.3) is 11.6 Å². The predicted octanol–water partition coefficient (Wildman–Crippen LogP) is 6.14. The molecular weight excluding hydrogens is 498 g/mol. The molecule has 0 aromatic heterocycles. The summed E-state index contributed by atoms with van der Waals surface area (Å²) in [5, 5.41) is 22.7. The molecule has 3 aromatic rings. The third-order valence-corrected chi connectivity index (χ3v) is 5.21. The maximum atomic E-state index is 12.5. The smallest absolute Gasteiger partial charge is 0.271 e. The molecule has 1 N–H and O–H groups in total. The number of anilines is 1. The van der Waals surface area contributed by atoms with E-state index in [-0.39, 0.29) is 22.0 Å². The van der Waals surface area contributed by atoms with Crippen molar-refractivity contribution in [2.24, 2.45) is 0 Å². The van der Waals surface area contributed by atoms with Crippen LogP contribution < -0.4 is 10.1 Å². The van der Waals surface area contributed by atoms with Gasteiger partial charge >= 0.3 is 0 Å². The van der Waals surface area contributed by atoms with Crippen molar-refractivity contribution in [2.45, 2.75) is 6.61 Å². The molecule has 0 fully saturated rings. The lowest BCUT2D eigenvalue weighted by molar-refractivity contribution is -0.384. The van der Waals surface area contributed by atoms with Gasteiger partial charge in [-0.2, -0.15) is 5.26 Å². The highest BCUT2D eigenvalue weighted by Gasteiger charge is 2.15. The number of hydrogen-bond donors (Lipinski definition) is 1. The Morgan fingerprint density at radius 3 is 2.56 bits per heavy atom. The normalized spacial score (nSPS) is 10.8. The molecule has 160 valence electrons. The Kier molecular flexibility index (Phi) is 7.60. The summed E-state index contributed by atoms with van der Waals surface area (Å²) in [6.07, 6.45) is 1.42. The second-order valence-corrected chi connectivity index (χ2v) is 7.77. The Hall–Kier alpha value is -3.67. The van der Waals surface area contributed by atoms with Crippen LogP contribution in [0.3, 0.4) is 0 Å². The van der Waals surface area contributed by atoms with E-state index < -0.39 is 10.8 Å². The van der Waals surface area contributed by atoms with Crippen molar-refractivity contribution >= 4 is 50.9 Å². The Morgan fingerprint density at radius 1 is 1.19 bits per heavy atom. The number of nitriles is 1. The summed E-state index contributed by atoms with van der Waals surface area (Å²) in [5.41, 5.74) is 1.42. The minimum absolute atomic E-state index is 0.00694. The fraction of sp³-hybridized carbons (Fsp3) is 0.0435. The molecule has 0 aliphatic heterocycles. The van der Waals surface area contributed by atoms with Crippen LogP contribution in [0.25, 0.3) is 6.08 Å². The average Bonchev–Trinajstić information content (AvgIpc) is 2.78. The van der Waals surface area contributed by atoms with Gasteiger partial charge in [-0.1, -0.05) is 48.0 Å². The van der Waals surface area contributed by atoms with Crippen LogP contribution in [-0.2, 0) is 11.4 Å². The summed E-state index contributed by atoms with van der Waals surface area (Å²) in [4.78, 5) is 22.7. The predicted molar refractivity (Wildman–Crippen MR) is 125 cm³/mol. The highest BCUT2D eigenvalue weighted by molar-refractivity contribution is 9.10. The van der Waals surface area contributed by atoms with Crippen molar-refractivity contribution in [2.75, 3.05) is 5.32 Å². The summed E-state index contributed by atoms with van der Waals surface area (Å²) in [7, 11) is 0. The number of ether oxygens (including phenoxy) is 1.